The van der Waals surface area contributed by atoms with Gasteiger partial charge in [-0.05, 0) is 29.8 Å². The molecular formula is C9H6ClN3O. The number of carbonyl (C=O) groups is 1. The van der Waals surface area contributed by atoms with Crippen molar-refractivity contribution in [2.24, 2.45) is 0 Å². The van der Waals surface area contributed by atoms with Gasteiger partial charge in [-0.1, -0.05) is 0 Å². The zero-order valence-corrected chi connectivity index (χ0v) is 7.85. The Morgan fingerprint density at radius 3 is 2.86 bits per heavy atom. The normalized spacial score (nSPS) is 10.1. The molecule has 2 aromatic heterocycles. The van der Waals surface area contributed by atoms with Gasteiger partial charge in [-0.2, -0.15) is 5.10 Å². The number of nitrogens with zero attached hydrogens (tertiary/aromatic N) is 3. The Morgan fingerprint density at radius 1 is 1.43 bits per heavy atom. The fourth-order valence-corrected chi connectivity index (χ4v) is 1.16. The van der Waals surface area contributed by atoms with E-state index < -0.39 is 5.24 Å². The largest absolute Gasteiger partial charge is 0.274 e. The lowest BCUT2D eigenvalue weighted by molar-refractivity contribution is 0.107. The van der Waals surface area contributed by atoms with Gasteiger partial charge in [0.1, 0.15) is 5.69 Å². The van der Waals surface area contributed by atoms with Crippen molar-refractivity contribution in [1.82, 2.24) is 14.8 Å². The van der Waals surface area contributed by atoms with Crippen molar-refractivity contribution in [3.8, 4) is 5.69 Å². The van der Waals surface area contributed by atoms with Crippen LogP contribution in [0.3, 0.4) is 0 Å². The first kappa shape index (κ1) is 8.90. The van der Waals surface area contributed by atoms with Crippen LogP contribution in [-0.2, 0) is 0 Å². The molecule has 0 N–H and O–H groups in total. The van der Waals surface area contributed by atoms with Gasteiger partial charge < -0.3 is 0 Å². The van der Waals surface area contributed by atoms with Crippen LogP contribution >= 0.6 is 11.6 Å². The van der Waals surface area contributed by atoms with Crippen LogP contribution < -0.4 is 0 Å². The van der Waals surface area contributed by atoms with Gasteiger partial charge in [-0.3, -0.25) is 9.78 Å². The lowest BCUT2D eigenvalue weighted by Gasteiger charge is -1.97. The molecule has 0 radical (unpaired) electrons. The molecule has 0 spiro atoms. The van der Waals surface area contributed by atoms with Gasteiger partial charge in [0.05, 0.1) is 11.9 Å². The van der Waals surface area contributed by atoms with E-state index in [1.54, 1.807) is 35.4 Å². The van der Waals surface area contributed by atoms with Gasteiger partial charge in [0, 0.05) is 12.4 Å². The number of hydrogen-bond donors (Lipinski definition) is 0. The van der Waals surface area contributed by atoms with Gasteiger partial charge in [0.15, 0.2) is 0 Å². The Hall–Kier alpha value is -1.68. The van der Waals surface area contributed by atoms with E-state index >= 15 is 0 Å². The van der Waals surface area contributed by atoms with Crippen LogP contribution in [0, 0.1) is 0 Å². The van der Waals surface area contributed by atoms with Crippen molar-refractivity contribution in [2.45, 2.75) is 0 Å². The molecule has 0 saturated carbocycles. The average Bonchev–Trinajstić information content (AvgIpc) is 2.68. The summed E-state index contributed by atoms with van der Waals surface area (Å²) in [5, 5.41) is 3.41. The molecule has 0 unspecified atom stereocenters. The molecule has 0 saturated heterocycles. The van der Waals surface area contributed by atoms with Crippen LogP contribution in [0.2, 0.25) is 0 Å². The molecule has 0 aliphatic rings. The molecule has 5 heteroatoms. The minimum atomic E-state index is -0.562. The third-order valence-electron chi connectivity index (χ3n) is 1.70. The van der Waals surface area contributed by atoms with Crippen molar-refractivity contribution >= 4 is 16.8 Å². The van der Waals surface area contributed by atoms with E-state index in [4.69, 9.17) is 11.6 Å². The monoisotopic (exact) mass is 207 g/mol. The molecular weight excluding hydrogens is 202 g/mol. The average molecular weight is 208 g/mol. The minimum absolute atomic E-state index is 0.232. The predicted octanol–water partition coefficient (Wildman–Crippen LogP) is 1.65. The van der Waals surface area contributed by atoms with Gasteiger partial charge in [-0.15, -0.1) is 0 Å². The van der Waals surface area contributed by atoms with Crippen LogP contribution in [-0.4, -0.2) is 20.0 Å². The molecule has 0 bridgehead atoms. The standard InChI is InChI=1S/C9H6ClN3O/c10-9(14)8-3-5-13(12-8)7-2-1-4-11-6-7/h1-6H. The lowest BCUT2D eigenvalue weighted by Crippen LogP contribution is -1.97. The third-order valence-corrected chi connectivity index (χ3v) is 1.89. The van der Waals surface area contributed by atoms with Crippen molar-refractivity contribution < 1.29 is 4.79 Å². The summed E-state index contributed by atoms with van der Waals surface area (Å²) in [7, 11) is 0. The Balaban J connectivity index is 2.39. The summed E-state index contributed by atoms with van der Waals surface area (Å²) in [6, 6.07) is 5.18. The Kier molecular flexibility index (Phi) is 2.28. The summed E-state index contributed by atoms with van der Waals surface area (Å²) < 4.78 is 1.54. The Labute approximate surface area is 85.1 Å². The molecule has 14 heavy (non-hydrogen) atoms. The molecule has 0 fully saturated rings. The zero-order valence-electron chi connectivity index (χ0n) is 7.09. The summed E-state index contributed by atoms with van der Waals surface area (Å²) in [6.07, 6.45) is 4.97. The summed E-state index contributed by atoms with van der Waals surface area (Å²) >= 11 is 5.27. The first-order valence-corrected chi connectivity index (χ1v) is 4.31. The first-order valence-electron chi connectivity index (χ1n) is 3.93. The molecule has 2 rings (SSSR count). The Bertz CT molecular complexity index is 452. The second kappa shape index (κ2) is 3.59. The highest BCUT2D eigenvalue weighted by Gasteiger charge is 2.06. The highest BCUT2D eigenvalue weighted by molar-refractivity contribution is 6.67. The molecule has 0 atom stereocenters. The van der Waals surface area contributed by atoms with E-state index in [1.807, 2.05) is 6.07 Å². The summed E-state index contributed by atoms with van der Waals surface area (Å²) in [5.74, 6) is 0. The fourth-order valence-electron chi connectivity index (χ4n) is 1.06. The highest BCUT2D eigenvalue weighted by Crippen LogP contribution is 2.06. The van der Waals surface area contributed by atoms with Crippen molar-refractivity contribution in [3.05, 3.63) is 42.5 Å². The van der Waals surface area contributed by atoms with E-state index in [0.717, 1.165) is 5.69 Å². The number of pyridine rings is 1. The molecule has 0 aromatic carbocycles. The maximum absolute atomic E-state index is 10.8. The van der Waals surface area contributed by atoms with Crippen molar-refractivity contribution in [1.29, 1.82) is 0 Å². The number of rotatable bonds is 2. The van der Waals surface area contributed by atoms with Gasteiger partial charge in [0.2, 0.25) is 0 Å². The van der Waals surface area contributed by atoms with E-state index in [-0.39, 0.29) is 5.69 Å². The second-order valence-electron chi connectivity index (χ2n) is 2.63. The van der Waals surface area contributed by atoms with Gasteiger partial charge in [-0.25, -0.2) is 4.68 Å². The van der Waals surface area contributed by atoms with Crippen LogP contribution in [0.15, 0.2) is 36.8 Å². The predicted molar refractivity (Wildman–Crippen MR) is 51.5 cm³/mol. The summed E-state index contributed by atoms with van der Waals surface area (Å²) in [5.41, 5.74) is 1.02. The van der Waals surface area contributed by atoms with E-state index in [2.05, 4.69) is 10.1 Å². The van der Waals surface area contributed by atoms with E-state index in [1.165, 1.54) is 0 Å². The first-order chi connectivity index (χ1) is 6.77. The summed E-state index contributed by atoms with van der Waals surface area (Å²) in [6.45, 7) is 0. The third kappa shape index (κ3) is 1.65. The van der Waals surface area contributed by atoms with Crippen molar-refractivity contribution in [2.75, 3.05) is 0 Å². The molecule has 2 aromatic rings. The van der Waals surface area contributed by atoms with Gasteiger partial charge in [0.25, 0.3) is 5.24 Å². The number of hydrogen-bond acceptors (Lipinski definition) is 3. The topological polar surface area (TPSA) is 47.8 Å². The maximum Gasteiger partial charge on any atom is 0.272 e. The van der Waals surface area contributed by atoms with Crippen LogP contribution in [0.5, 0.6) is 0 Å². The number of halogens is 1. The fraction of sp³-hybridized carbons (Fsp3) is 0. The van der Waals surface area contributed by atoms with Crippen LogP contribution in [0.4, 0.5) is 0 Å². The molecule has 0 aliphatic carbocycles. The van der Waals surface area contributed by atoms with E-state index in [0.29, 0.717) is 0 Å². The SMILES string of the molecule is O=C(Cl)c1ccn(-c2cccnc2)n1. The lowest BCUT2D eigenvalue weighted by atomic mass is 10.4. The molecule has 0 aliphatic heterocycles. The smallest absolute Gasteiger partial charge is 0.272 e. The minimum Gasteiger partial charge on any atom is -0.274 e. The Morgan fingerprint density at radius 2 is 2.29 bits per heavy atom. The second-order valence-corrected chi connectivity index (χ2v) is 2.97. The molecule has 4 nitrogen and oxygen atoms in total. The van der Waals surface area contributed by atoms with Crippen LogP contribution in [0.1, 0.15) is 10.5 Å². The van der Waals surface area contributed by atoms with Crippen molar-refractivity contribution in [3.63, 3.8) is 0 Å². The van der Waals surface area contributed by atoms with E-state index in [9.17, 15) is 4.79 Å². The zero-order chi connectivity index (χ0) is 9.97. The molecule has 0 amide bonds. The maximum atomic E-state index is 10.8. The molecule has 70 valence electrons. The van der Waals surface area contributed by atoms with Gasteiger partial charge >= 0.3 is 0 Å². The number of carbonyl (C=O) groups excluding carboxylic acids is 1. The van der Waals surface area contributed by atoms with Crippen LogP contribution in [0.25, 0.3) is 5.69 Å². The number of aromatic nitrogens is 3. The highest BCUT2D eigenvalue weighted by atomic mass is 35.5. The summed E-state index contributed by atoms with van der Waals surface area (Å²) in [4.78, 5) is 14.7. The quantitative estimate of drug-likeness (QED) is 0.704. The molecule has 2 heterocycles.